The molecule has 0 radical (unpaired) electrons. The lowest BCUT2D eigenvalue weighted by molar-refractivity contribution is -0.671. The van der Waals surface area contributed by atoms with Crippen molar-refractivity contribution in [2.24, 2.45) is 0 Å². The molecule has 0 atom stereocenters. The van der Waals surface area contributed by atoms with Crippen LogP contribution in [0.2, 0.25) is 10.0 Å². The number of quaternary nitrogens is 1. The second kappa shape index (κ2) is 7.84. The summed E-state index contributed by atoms with van der Waals surface area (Å²) < 4.78 is 18.7. The highest BCUT2D eigenvalue weighted by atomic mass is 35.5. The van der Waals surface area contributed by atoms with Crippen LogP contribution < -0.4 is 5.32 Å². The third-order valence-corrected chi connectivity index (χ3v) is 4.30. The van der Waals surface area contributed by atoms with Gasteiger partial charge in [0.15, 0.2) is 5.76 Å². The van der Waals surface area contributed by atoms with Gasteiger partial charge in [0.2, 0.25) is 0 Å². The molecule has 0 saturated heterocycles. The lowest BCUT2D eigenvalue weighted by atomic mass is 10.1. The number of benzene rings is 2. The van der Waals surface area contributed by atoms with E-state index in [1.807, 2.05) is 30.3 Å². The van der Waals surface area contributed by atoms with E-state index < -0.39 is 0 Å². The van der Waals surface area contributed by atoms with E-state index in [-0.39, 0.29) is 5.82 Å². The van der Waals surface area contributed by atoms with Gasteiger partial charge < -0.3 is 9.73 Å². The molecule has 0 amide bonds. The minimum Gasteiger partial charge on any atom is -0.455 e. The highest BCUT2D eigenvalue weighted by Crippen LogP contribution is 2.31. The van der Waals surface area contributed by atoms with Crippen molar-refractivity contribution < 1.29 is 14.1 Å². The summed E-state index contributed by atoms with van der Waals surface area (Å²) in [6, 6.07) is 15.8. The summed E-state index contributed by atoms with van der Waals surface area (Å²) in [5, 5.41) is 3.34. The van der Waals surface area contributed by atoms with Crippen molar-refractivity contribution >= 4 is 23.2 Å². The Morgan fingerprint density at radius 2 is 1.75 bits per heavy atom. The number of rotatable bonds is 6. The summed E-state index contributed by atoms with van der Waals surface area (Å²) in [5.41, 5.74) is 1.96. The number of hydrogen-bond donors (Lipinski definition) is 1. The first-order valence-corrected chi connectivity index (χ1v) is 8.47. The predicted octanol–water partition coefficient (Wildman–Crippen LogP) is 4.70. The van der Waals surface area contributed by atoms with Crippen molar-refractivity contribution in [3.05, 3.63) is 81.8 Å². The highest BCUT2D eigenvalue weighted by Gasteiger charge is 2.10. The highest BCUT2D eigenvalue weighted by molar-refractivity contribution is 6.36. The van der Waals surface area contributed by atoms with Crippen molar-refractivity contribution in [1.29, 1.82) is 0 Å². The molecule has 0 unspecified atom stereocenters. The Bertz CT molecular complexity index is 814. The van der Waals surface area contributed by atoms with E-state index in [9.17, 15) is 4.39 Å². The molecule has 0 spiro atoms. The monoisotopic (exact) mass is 364 g/mol. The van der Waals surface area contributed by atoms with E-state index in [4.69, 9.17) is 27.6 Å². The summed E-state index contributed by atoms with van der Waals surface area (Å²) in [4.78, 5) is 0. The topological polar surface area (TPSA) is 29.8 Å². The summed E-state index contributed by atoms with van der Waals surface area (Å²) in [6.45, 7) is 1.65. The Morgan fingerprint density at radius 3 is 2.50 bits per heavy atom. The van der Waals surface area contributed by atoms with Gasteiger partial charge in [0, 0.05) is 17.0 Å². The van der Waals surface area contributed by atoms with Crippen molar-refractivity contribution in [3.8, 4) is 11.3 Å². The molecule has 0 aliphatic heterocycles. The Hall–Kier alpha value is -1.81. The number of halogens is 3. The van der Waals surface area contributed by atoms with Crippen LogP contribution in [0.3, 0.4) is 0 Å². The van der Waals surface area contributed by atoms with E-state index in [0.717, 1.165) is 42.2 Å². The molecular formula is C19H17Cl2FNO+. The van der Waals surface area contributed by atoms with Gasteiger partial charge in [-0.3, -0.25) is 0 Å². The zero-order valence-corrected chi connectivity index (χ0v) is 14.4. The second-order valence-corrected chi connectivity index (χ2v) is 6.39. The standard InChI is InChI=1S/C19H16Cl2FNO/c20-14-3-7-17(18(21)11-14)19-8-6-16(24-19)12-23-10-9-13-1-4-15(22)5-2-13/h1-8,11,23H,9-10,12H2/p+1. The molecule has 2 nitrogen and oxygen atoms in total. The molecule has 0 saturated carbocycles. The van der Waals surface area contributed by atoms with Crippen LogP contribution in [0.1, 0.15) is 11.3 Å². The van der Waals surface area contributed by atoms with Crippen molar-refractivity contribution in [3.63, 3.8) is 0 Å². The maximum Gasteiger partial charge on any atom is 0.158 e. The van der Waals surface area contributed by atoms with Gasteiger partial charge in [-0.1, -0.05) is 35.3 Å². The zero-order valence-electron chi connectivity index (χ0n) is 12.9. The third kappa shape index (κ3) is 4.38. The van der Waals surface area contributed by atoms with E-state index in [1.54, 1.807) is 12.1 Å². The Labute approximate surface area is 150 Å². The van der Waals surface area contributed by atoms with Gasteiger partial charge in [-0.2, -0.15) is 0 Å². The molecule has 2 aromatic carbocycles. The maximum absolute atomic E-state index is 12.9. The van der Waals surface area contributed by atoms with Crippen LogP contribution in [0.15, 0.2) is 59.0 Å². The fraction of sp³-hybridized carbons (Fsp3) is 0.158. The molecule has 24 heavy (non-hydrogen) atoms. The van der Waals surface area contributed by atoms with Gasteiger partial charge in [-0.05, 0) is 48.0 Å². The minimum atomic E-state index is -0.202. The van der Waals surface area contributed by atoms with E-state index in [0.29, 0.717) is 10.0 Å². The smallest absolute Gasteiger partial charge is 0.158 e. The normalized spacial score (nSPS) is 11.0. The van der Waals surface area contributed by atoms with Crippen molar-refractivity contribution in [1.82, 2.24) is 0 Å². The van der Waals surface area contributed by atoms with Crippen LogP contribution >= 0.6 is 23.2 Å². The minimum absolute atomic E-state index is 0.202. The molecule has 1 aromatic heterocycles. The number of furan rings is 1. The molecule has 124 valence electrons. The quantitative estimate of drug-likeness (QED) is 0.631. The lowest BCUT2D eigenvalue weighted by Gasteiger charge is -2.02. The zero-order chi connectivity index (χ0) is 16.9. The van der Waals surface area contributed by atoms with Crippen LogP contribution in [-0.4, -0.2) is 6.54 Å². The maximum atomic E-state index is 12.9. The van der Waals surface area contributed by atoms with E-state index >= 15 is 0 Å². The molecule has 0 fully saturated rings. The number of nitrogens with two attached hydrogens (primary N) is 1. The van der Waals surface area contributed by atoms with Crippen LogP contribution in [0.4, 0.5) is 4.39 Å². The number of hydrogen-bond acceptors (Lipinski definition) is 1. The van der Waals surface area contributed by atoms with Crippen LogP contribution in [-0.2, 0) is 13.0 Å². The molecule has 0 aliphatic rings. The average Bonchev–Trinajstić information content (AvgIpc) is 3.02. The Kier molecular flexibility index (Phi) is 5.56. The van der Waals surface area contributed by atoms with Gasteiger partial charge in [0.1, 0.15) is 18.1 Å². The van der Waals surface area contributed by atoms with Crippen LogP contribution in [0, 0.1) is 5.82 Å². The lowest BCUT2D eigenvalue weighted by Crippen LogP contribution is -2.83. The second-order valence-electron chi connectivity index (χ2n) is 5.55. The Balaban J connectivity index is 1.53. The van der Waals surface area contributed by atoms with Gasteiger partial charge in [0.25, 0.3) is 0 Å². The van der Waals surface area contributed by atoms with Crippen molar-refractivity contribution in [2.45, 2.75) is 13.0 Å². The summed E-state index contributed by atoms with van der Waals surface area (Å²) in [5.74, 6) is 1.42. The van der Waals surface area contributed by atoms with Gasteiger partial charge in [-0.15, -0.1) is 0 Å². The Morgan fingerprint density at radius 1 is 0.958 bits per heavy atom. The SMILES string of the molecule is Fc1ccc(CC[NH2+]Cc2ccc(-c3ccc(Cl)cc3Cl)o2)cc1. The fourth-order valence-corrected chi connectivity index (χ4v) is 2.99. The first-order chi connectivity index (χ1) is 11.6. The average molecular weight is 365 g/mol. The third-order valence-electron chi connectivity index (χ3n) is 3.75. The van der Waals surface area contributed by atoms with Crippen LogP contribution in [0.5, 0.6) is 0 Å². The van der Waals surface area contributed by atoms with E-state index in [2.05, 4.69) is 5.32 Å². The first kappa shape index (κ1) is 17.0. The molecule has 3 aromatic rings. The van der Waals surface area contributed by atoms with Gasteiger partial charge >= 0.3 is 0 Å². The molecule has 5 heteroatoms. The fourth-order valence-electron chi connectivity index (χ4n) is 2.49. The summed E-state index contributed by atoms with van der Waals surface area (Å²) >= 11 is 12.1. The largest absolute Gasteiger partial charge is 0.455 e. The van der Waals surface area contributed by atoms with Crippen LogP contribution in [0.25, 0.3) is 11.3 Å². The molecule has 1 heterocycles. The predicted molar refractivity (Wildman–Crippen MR) is 94.8 cm³/mol. The molecular weight excluding hydrogens is 348 g/mol. The molecule has 0 bridgehead atoms. The molecule has 3 rings (SSSR count). The van der Waals surface area contributed by atoms with E-state index in [1.165, 1.54) is 12.1 Å². The molecule has 0 aliphatic carbocycles. The molecule has 2 N–H and O–H groups in total. The van der Waals surface area contributed by atoms with Gasteiger partial charge in [-0.25, -0.2) is 4.39 Å². The van der Waals surface area contributed by atoms with Gasteiger partial charge in [0.05, 0.1) is 11.6 Å². The summed E-state index contributed by atoms with van der Waals surface area (Å²) in [7, 11) is 0. The van der Waals surface area contributed by atoms with Crippen molar-refractivity contribution in [2.75, 3.05) is 6.54 Å². The first-order valence-electron chi connectivity index (χ1n) is 7.72. The summed E-state index contributed by atoms with van der Waals surface area (Å²) in [6.07, 6.45) is 0.886.